The molecule has 24 heavy (non-hydrogen) atoms. The van der Waals surface area contributed by atoms with E-state index in [0.29, 0.717) is 29.4 Å². The Hall–Kier alpha value is -1.84. The summed E-state index contributed by atoms with van der Waals surface area (Å²) in [6, 6.07) is 9.58. The number of alkyl halides is 1. The average Bonchev–Trinajstić information content (AvgIpc) is 2.60. The van der Waals surface area contributed by atoms with Crippen molar-refractivity contribution in [2.75, 3.05) is 6.67 Å². The van der Waals surface area contributed by atoms with Crippen LogP contribution in [0.5, 0.6) is 0 Å². The first kappa shape index (κ1) is 17.0. The minimum atomic E-state index is -1.44. The van der Waals surface area contributed by atoms with Gasteiger partial charge in [0.15, 0.2) is 17.5 Å². The fraction of sp³-hybridized carbons (Fsp3) is 0.400. The van der Waals surface area contributed by atoms with E-state index in [9.17, 15) is 17.6 Å². The largest absolute Gasteiger partial charge is 0.251 e. The van der Waals surface area contributed by atoms with E-state index in [1.54, 1.807) is 0 Å². The van der Waals surface area contributed by atoms with Gasteiger partial charge in [0.05, 0.1) is 6.67 Å². The highest BCUT2D eigenvalue weighted by atomic mass is 19.2. The lowest BCUT2D eigenvalue weighted by Crippen LogP contribution is -2.13. The standard InChI is InChI=1S/C20H20F4/c21-10-9-13-1-3-14(4-2-13)15-5-7-16(8-6-15)17-11-18(22)20(24)19(23)12-17/h5-8,11-14H,1-4,9-10H2. The smallest absolute Gasteiger partial charge is 0.194 e. The van der Waals surface area contributed by atoms with Gasteiger partial charge in [-0.05, 0) is 72.8 Å². The first-order valence-electron chi connectivity index (χ1n) is 8.39. The Balaban J connectivity index is 1.72. The monoisotopic (exact) mass is 336 g/mol. The molecule has 1 saturated carbocycles. The highest BCUT2D eigenvalue weighted by molar-refractivity contribution is 5.64. The molecule has 1 aliphatic rings. The fourth-order valence-electron chi connectivity index (χ4n) is 3.61. The Morgan fingerprint density at radius 1 is 0.792 bits per heavy atom. The minimum absolute atomic E-state index is 0.241. The average molecular weight is 336 g/mol. The van der Waals surface area contributed by atoms with Crippen molar-refractivity contribution in [3.05, 3.63) is 59.4 Å². The van der Waals surface area contributed by atoms with E-state index in [1.807, 2.05) is 24.3 Å². The van der Waals surface area contributed by atoms with Crippen molar-refractivity contribution in [2.45, 2.75) is 38.0 Å². The van der Waals surface area contributed by atoms with Gasteiger partial charge in [0.1, 0.15) is 0 Å². The second-order valence-electron chi connectivity index (χ2n) is 6.57. The van der Waals surface area contributed by atoms with Crippen LogP contribution in [0.25, 0.3) is 11.1 Å². The molecule has 3 rings (SSSR count). The molecule has 0 nitrogen and oxygen atoms in total. The summed E-state index contributed by atoms with van der Waals surface area (Å²) < 4.78 is 52.2. The summed E-state index contributed by atoms with van der Waals surface area (Å²) >= 11 is 0. The Morgan fingerprint density at radius 2 is 1.38 bits per heavy atom. The van der Waals surface area contributed by atoms with Gasteiger partial charge < -0.3 is 0 Å². The fourth-order valence-corrected chi connectivity index (χ4v) is 3.61. The lowest BCUT2D eigenvalue weighted by Gasteiger charge is -2.28. The van der Waals surface area contributed by atoms with Crippen LogP contribution in [0, 0.1) is 23.4 Å². The van der Waals surface area contributed by atoms with Gasteiger partial charge in [0.2, 0.25) is 0 Å². The lowest BCUT2D eigenvalue weighted by molar-refractivity contribution is 0.283. The third kappa shape index (κ3) is 3.63. The van der Waals surface area contributed by atoms with Crippen molar-refractivity contribution in [3.63, 3.8) is 0 Å². The molecule has 0 amide bonds. The molecule has 0 heterocycles. The van der Waals surface area contributed by atoms with Crippen molar-refractivity contribution in [1.82, 2.24) is 0 Å². The van der Waals surface area contributed by atoms with E-state index in [4.69, 9.17) is 0 Å². The zero-order valence-corrected chi connectivity index (χ0v) is 13.4. The van der Waals surface area contributed by atoms with Crippen LogP contribution in [0.3, 0.4) is 0 Å². The second kappa shape index (κ2) is 7.37. The predicted octanol–water partition coefficient (Wildman–Crippen LogP) is 6.40. The van der Waals surface area contributed by atoms with E-state index in [2.05, 4.69) is 0 Å². The maximum atomic E-state index is 13.4. The van der Waals surface area contributed by atoms with E-state index < -0.39 is 17.5 Å². The SMILES string of the molecule is FCCC1CCC(c2ccc(-c3cc(F)c(F)c(F)c3)cc2)CC1. The molecule has 0 aliphatic heterocycles. The molecule has 0 radical (unpaired) electrons. The third-order valence-corrected chi connectivity index (χ3v) is 5.06. The Labute approximate surface area is 139 Å². The van der Waals surface area contributed by atoms with Crippen LogP contribution < -0.4 is 0 Å². The van der Waals surface area contributed by atoms with Gasteiger partial charge in [-0.25, -0.2) is 13.2 Å². The maximum absolute atomic E-state index is 13.4. The number of hydrogen-bond acceptors (Lipinski definition) is 0. The van der Waals surface area contributed by atoms with Gasteiger partial charge >= 0.3 is 0 Å². The molecule has 0 unspecified atom stereocenters. The summed E-state index contributed by atoms with van der Waals surface area (Å²) in [5, 5.41) is 0. The molecule has 2 aromatic rings. The van der Waals surface area contributed by atoms with Gasteiger partial charge in [0, 0.05) is 0 Å². The van der Waals surface area contributed by atoms with E-state index in [-0.39, 0.29) is 6.67 Å². The van der Waals surface area contributed by atoms with Gasteiger partial charge in [-0.1, -0.05) is 24.3 Å². The van der Waals surface area contributed by atoms with Gasteiger partial charge in [-0.3, -0.25) is 4.39 Å². The quantitative estimate of drug-likeness (QED) is 0.447. The van der Waals surface area contributed by atoms with Gasteiger partial charge in [-0.15, -0.1) is 0 Å². The van der Waals surface area contributed by atoms with E-state index in [1.165, 1.54) is 5.56 Å². The van der Waals surface area contributed by atoms with Crippen LogP contribution in [-0.2, 0) is 0 Å². The van der Waals surface area contributed by atoms with Crippen LogP contribution in [0.4, 0.5) is 17.6 Å². The molecule has 2 aromatic carbocycles. The molecule has 0 spiro atoms. The predicted molar refractivity (Wildman–Crippen MR) is 87.0 cm³/mol. The van der Waals surface area contributed by atoms with Crippen molar-refractivity contribution < 1.29 is 17.6 Å². The summed E-state index contributed by atoms with van der Waals surface area (Å²) in [6.45, 7) is -0.241. The maximum Gasteiger partial charge on any atom is 0.194 e. The summed E-state index contributed by atoms with van der Waals surface area (Å²) in [6.07, 6.45) is 4.84. The topological polar surface area (TPSA) is 0 Å². The first-order chi connectivity index (χ1) is 11.6. The molecule has 1 fully saturated rings. The summed E-state index contributed by atoms with van der Waals surface area (Å²) in [5.41, 5.74) is 2.17. The Morgan fingerprint density at radius 3 is 1.92 bits per heavy atom. The summed E-state index contributed by atoms with van der Waals surface area (Å²) in [7, 11) is 0. The number of halogens is 4. The number of benzene rings is 2. The second-order valence-corrected chi connectivity index (χ2v) is 6.57. The molecule has 0 atom stereocenters. The van der Waals surface area contributed by atoms with Crippen molar-refractivity contribution in [3.8, 4) is 11.1 Å². The van der Waals surface area contributed by atoms with Crippen molar-refractivity contribution >= 4 is 0 Å². The highest BCUT2D eigenvalue weighted by Crippen LogP contribution is 2.37. The molecule has 0 N–H and O–H groups in total. The molecular formula is C20H20F4. The van der Waals surface area contributed by atoms with Crippen LogP contribution in [0.15, 0.2) is 36.4 Å². The molecule has 0 saturated heterocycles. The van der Waals surface area contributed by atoms with Crippen molar-refractivity contribution in [2.24, 2.45) is 5.92 Å². The third-order valence-electron chi connectivity index (χ3n) is 5.06. The normalized spacial score (nSPS) is 21.0. The van der Waals surface area contributed by atoms with Crippen LogP contribution >= 0.6 is 0 Å². The van der Waals surface area contributed by atoms with Crippen LogP contribution in [0.1, 0.15) is 43.6 Å². The highest BCUT2D eigenvalue weighted by Gasteiger charge is 2.22. The van der Waals surface area contributed by atoms with Gasteiger partial charge in [-0.2, -0.15) is 0 Å². The molecular weight excluding hydrogens is 316 g/mol. The molecule has 4 heteroatoms. The zero-order chi connectivity index (χ0) is 17.1. The lowest BCUT2D eigenvalue weighted by atomic mass is 9.77. The Bertz CT molecular complexity index is 662. The van der Waals surface area contributed by atoms with Crippen LogP contribution in [-0.4, -0.2) is 6.67 Å². The Kier molecular flexibility index (Phi) is 5.22. The van der Waals surface area contributed by atoms with E-state index >= 15 is 0 Å². The molecule has 0 bridgehead atoms. The number of hydrogen-bond donors (Lipinski definition) is 0. The first-order valence-corrected chi connectivity index (χ1v) is 8.39. The summed E-state index contributed by atoms with van der Waals surface area (Å²) in [5.74, 6) is -2.85. The molecule has 128 valence electrons. The number of rotatable bonds is 4. The minimum Gasteiger partial charge on any atom is -0.251 e. The van der Waals surface area contributed by atoms with Crippen molar-refractivity contribution in [1.29, 1.82) is 0 Å². The van der Waals surface area contributed by atoms with Crippen LogP contribution in [0.2, 0.25) is 0 Å². The molecule has 1 aliphatic carbocycles. The zero-order valence-electron chi connectivity index (χ0n) is 13.4. The van der Waals surface area contributed by atoms with E-state index in [0.717, 1.165) is 37.8 Å². The van der Waals surface area contributed by atoms with Gasteiger partial charge in [0.25, 0.3) is 0 Å². The summed E-state index contributed by atoms with van der Waals surface area (Å²) in [4.78, 5) is 0. The molecule has 0 aromatic heterocycles.